The van der Waals surface area contributed by atoms with E-state index in [-0.39, 0.29) is 33.8 Å². The number of aromatic hydroxyl groups is 2. The molecule has 0 saturated heterocycles. The first-order valence-corrected chi connectivity index (χ1v) is 10.4. The normalized spacial score (nSPS) is 11.5. The van der Waals surface area contributed by atoms with E-state index in [2.05, 4.69) is 15.8 Å². The van der Waals surface area contributed by atoms with Crippen molar-refractivity contribution in [1.29, 1.82) is 0 Å². The summed E-state index contributed by atoms with van der Waals surface area (Å²) in [7, 11) is 0. The van der Waals surface area contributed by atoms with E-state index in [0.717, 1.165) is 12.1 Å². The summed E-state index contributed by atoms with van der Waals surface area (Å²) in [6.07, 6.45) is 1.21. The van der Waals surface area contributed by atoms with Gasteiger partial charge in [0.1, 0.15) is 11.4 Å². The second kappa shape index (κ2) is 11.2. The molecule has 0 aliphatic rings. The number of nitro groups is 2. The SMILES string of the molecule is C/C(=N\NC(=O)C(=Cc1cccc([N+](=O)[O-])c1)NC(=O)c1ccccc1)c1cc([N+](=O)[O-])c(O)cc1O. The van der Waals surface area contributed by atoms with Crippen LogP contribution in [0.4, 0.5) is 11.4 Å². The third-order valence-corrected chi connectivity index (χ3v) is 4.93. The van der Waals surface area contributed by atoms with Gasteiger partial charge in [-0.15, -0.1) is 0 Å². The van der Waals surface area contributed by atoms with Gasteiger partial charge in [0.25, 0.3) is 17.5 Å². The summed E-state index contributed by atoms with van der Waals surface area (Å²) in [6, 6.07) is 15.0. The highest BCUT2D eigenvalue weighted by atomic mass is 16.6. The van der Waals surface area contributed by atoms with Crippen LogP contribution in [0.25, 0.3) is 6.08 Å². The Morgan fingerprint density at radius 1 is 0.919 bits per heavy atom. The molecule has 0 aliphatic heterocycles. The van der Waals surface area contributed by atoms with E-state index in [1.807, 2.05) is 0 Å². The summed E-state index contributed by atoms with van der Waals surface area (Å²) < 4.78 is 0. The highest BCUT2D eigenvalue weighted by molar-refractivity contribution is 6.07. The topological polar surface area (TPSA) is 197 Å². The quantitative estimate of drug-likeness (QED) is 0.155. The maximum atomic E-state index is 12.9. The van der Waals surface area contributed by atoms with Crippen LogP contribution in [-0.2, 0) is 4.79 Å². The lowest BCUT2D eigenvalue weighted by Crippen LogP contribution is -2.33. The number of phenolic OH excluding ortho intramolecular Hbond substituents is 2. The number of hydrogen-bond donors (Lipinski definition) is 4. The molecule has 0 aromatic heterocycles. The van der Waals surface area contributed by atoms with Gasteiger partial charge in [-0.05, 0) is 30.7 Å². The van der Waals surface area contributed by atoms with Crippen molar-refractivity contribution in [2.75, 3.05) is 0 Å². The second-order valence-electron chi connectivity index (χ2n) is 7.48. The van der Waals surface area contributed by atoms with Gasteiger partial charge in [-0.2, -0.15) is 5.10 Å². The Morgan fingerprint density at radius 2 is 1.62 bits per heavy atom. The molecule has 13 heteroatoms. The summed E-state index contributed by atoms with van der Waals surface area (Å²) in [6.45, 7) is 1.34. The van der Waals surface area contributed by atoms with Gasteiger partial charge >= 0.3 is 5.69 Å². The molecular weight excluding hydrogens is 486 g/mol. The molecule has 0 fully saturated rings. The van der Waals surface area contributed by atoms with Crippen LogP contribution < -0.4 is 10.7 Å². The summed E-state index contributed by atoms with van der Waals surface area (Å²) in [5.74, 6) is -2.85. The Hall–Kier alpha value is -5.59. The van der Waals surface area contributed by atoms with Crippen LogP contribution in [0.2, 0.25) is 0 Å². The predicted octanol–water partition coefficient (Wildman–Crippen LogP) is 3.23. The molecule has 4 N–H and O–H groups in total. The van der Waals surface area contributed by atoms with E-state index in [0.29, 0.717) is 0 Å². The number of hydrogen-bond acceptors (Lipinski definition) is 9. The van der Waals surface area contributed by atoms with Crippen molar-refractivity contribution < 1.29 is 29.6 Å². The smallest absolute Gasteiger partial charge is 0.311 e. The van der Waals surface area contributed by atoms with Gasteiger partial charge in [-0.1, -0.05) is 30.3 Å². The van der Waals surface area contributed by atoms with E-state index in [4.69, 9.17) is 0 Å². The molecule has 0 unspecified atom stereocenters. The molecule has 188 valence electrons. The maximum absolute atomic E-state index is 12.9. The molecule has 3 aromatic carbocycles. The summed E-state index contributed by atoms with van der Waals surface area (Å²) in [5, 5.41) is 48.1. The third-order valence-electron chi connectivity index (χ3n) is 4.93. The second-order valence-corrected chi connectivity index (χ2v) is 7.48. The van der Waals surface area contributed by atoms with Crippen LogP contribution in [0.1, 0.15) is 28.4 Å². The van der Waals surface area contributed by atoms with Crippen molar-refractivity contribution in [3.63, 3.8) is 0 Å². The van der Waals surface area contributed by atoms with E-state index in [1.165, 1.54) is 49.4 Å². The van der Waals surface area contributed by atoms with E-state index in [9.17, 15) is 40.0 Å². The minimum absolute atomic E-state index is 0.0574. The van der Waals surface area contributed by atoms with E-state index >= 15 is 0 Å². The number of carbonyl (C=O) groups is 2. The van der Waals surface area contributed by atoms with Crippen molar-refractivity contribution in [2.45, 2.75) is 6.92 Å². The summed E-state index contributed by atoms with van der Waals surface area (Å²) >= 11 is 0. The Balaban J connectivity index is 1.94. The molecular formula is C24H19N5O8. The molecule has 0 spiro atoms. The number of amides is 2. The molecule has 0 radical (unpaired) electrons. The predicted molar refractivity (Wildman–Crippen MR) is 132 cm³/mol. The zero-order chi connectivity index (χ0) is 27.1. The number of carbonyl (C=O) groups excluding carboxylic acids is 2. The largest absolute Gasteiger partial charge is 0.507 e. The maximum Gasteiger partial charge on any atom is 0.311 e. The van der Waals surface area contributed by atoms with Gasteiger partial charge < -0.3 is 15.5 Å². The van der Waals surface area contributed by atoms with Crippen LogP contribution in [0.5, 0.6) is 11.5 Å². The van der Waals surface area contributed by atoms with Gasteiger partial charge in [-0.25, -0.2) is 5.43 Å². The van der Waals surface area contributed by atoms with E-state index < -0.39 is 38.8 Å². The monoisotopic (exact) mass is 505 g/mol. The fourth-order valence-electron chi connectivity index (χ4n) is 3.09. The number of nitrogens with one attached hydrogen (secondary N) is 2. The minimum atomic E-state index is -0.928. The van der Waals surface area contributed by atoms with Crippen molar-refractivity contribution in [2.24, 2.45) is 5.10 Å². The Bertz CT molecular complexity index is 1450. The first kappa shape index (κ1) is 26.0. The fraction of sp³-hybridized carbons (Fsp3) is 0.0417. The minimum Gasteiger partial charge on any atom is -0.507 e. The van der Waals surface area contributed by atoms with Crippen LogP contribution in [0.3, 0.4) is 0 Å². The van der Waals surface area contributed by atoms with Crippen molar-refractivity contribution in [1.82, 2.24) is 10.7 Å². The Labute approximate surface area is 208 Å². The average Bonchev–Trinajstić information content (AvgIpc) is 2.87. The standard InChI is InChI=1S/C24H19N5O8/c1-14(18-12-20(29(36)37)22(31)13-21(18)30)26-27-24(33)19(25-23(32)16-7-3-2-4-8-16)11-15-6-5-9-17(10-15)28(34)35/h2-13,30-31H,1H3,(H,25,32)(H,27,33)/b19-11?,26-14+. The Morgan fingerprint density at radius 3 is 2.27 bits per heavy atom. The first-order valence-electron chi connectivity index (χ1n) is 10.4. The van der Waals surface area contributed by atoms with Crippen molar-refractivity contribution >= 4 is 35.0 Å². The lowest BCUT2D eigenvalue weighted by molar-refractivity contribution is -0.385. The summed E-state index contributed by atoms with van der Waals surface area (Å²) in [4.78, 5) is 46.3. The lowest BCUT2D eigenvalue weighted by Gasteiger charge is -2.10. The average molecular weight is 505 g/mol. The van der Waals surface area contributed by atoms with Gasteiger partial charge in [-0.3, -0.25) is 29.8 Å². The number of nitrogens with zero attached hydrogens (tertiary/aromatic N) is 3. The lowest BCUT2D eigenvalue weighted by atomic mass is 10.1. The highest BCUT2D eigenvalue weighted by Crippen LogP contribution is 2.33. The molecule has 0 saturated carbocycles. The van der Waals surface area contributed by atoms with Crippen LogP contribution in [0, 0.1) is 20.2 Å². The summed E-state index contributed by atoms with van der Waals surface area (Å²) in [5.41, 5.74) is 1.22. The van der Waals surface area contributed by atoms with Crippen molar-refractivity contribution in [3.8, 4) is 11.5 Å². The molecule has 0 heterocycles. The van der Waals surface area contributed by atoms with Gasteiger partial charge in [0, 0.05) is 35.4 Å². The molecule has 0 bridgehead atoms. The molecule has 0 atom stereocenters. The molecule has 13 nitrogen and oxygen atoms in total. The molecule has 2 amide bonds. The van der Waals surface area contributed by atoms with Gasteiger partial charge in [0.2, 0.25) is 0 Å². The third kappa shape index (κ3) is 6.51. The number of hydrazone groups is 1. The zero-order valence-electron chi connectivity index (χ0n) is 19.1. The fourth-order valence-corrected chi connectivity index (χ4v) is 3.09. The number of non-ortho nitro benzene ring substituents is 1. The Kier molecular flexibility index (Phi) is 7.89. The zero-order valence-corrected chi connectivity index (χ0v) is 19.1. The molecule has 37 heavy (non-hydrogen) atoms. The number of phenols is 2. The number of nitro benzene ring substituents is 2. The van der Waals surface area contributed by atoms with E-state index in [1.54, 1.807) is 18.2 Å². The number of rotatable bonds is 8. The highest BCUT2D eigenvalue weighted by Gasteiger charge is 2.20. The van der Waals surface area contributed by atoms with Crippen LogP contribution in [0.15, 0.2) is 77.5 Å². The van der Waals surface area contributed by atoms with Gasteiger partial charge in [0.15, 0.2) is 5.75 Å². The first-order chi connectivity index (χ1) is 17.6. The van der Waals surface area contributed by atoms with Crippen LogP contribution in [-0.4, -0.2) is 37.6 Å². The molecule has 0 aliphatic carbocycles. The van der Waals surface area contributed by atoms with Crippen LogP contribution >= 0.6 is 0 Å². The number of benzene rings is 3. The van der Waals surface area contributed by atoms with Crippen molar-refractivity contribution in [3.05, 3.63) is 109 Å². The molecule has 3 rings (SSSR count). The van der Waals surface area contributed by atoms with Gasteiger partial charge in [0.05, 0.1) is 15.6 Å². The molecule has 3 aromatic rings.